The summed E-state index contributed by atoms with van der Waals surface area (Å²) >= 11 is 0. The van der Waals surface area contributed by atoms with Crippen LogP contribution >= 0.6 is 0 Å². The van der Waals surface area contributed by atoms with Gasteiger partial charge in [-0.3, -0.25) is 0 Å². The number of aromatic nitrogens is 2. The molecule has 3 nitrogen and oxygen atoms in total. The summed E-state index contributed by atoms with van der Waals surface area (Å²) in [5, 5.41) is 2.53. The van der Waals surface area contributed by atoms with Gasteiger partial charge in [0.25, 0.3) is 0 Å². The Morgan fingerprint density at radius 1 is 1.29 bits per heavy atom. The second-order valence-electron chi connectivity index (χ2n) is 3.48. The summed E-state index contributed by atoms with van der Waals surface area (Å²) < 4.78 is 49.1. The van der Waals surface area contributed by atoms with Crippen LogP contribution in [0.15, 0.2) is 6.33 Å². The molecular formula is C10H13F4N3. The van der Waals surface area contributed by atoms with Gasteiger partial charge < -0.3 is 5.32 Å². The first-order chi connectivity index (χ1) is 7.94. The Morgan fingerprint density at radius 3 is 2.59 bits per heavy atom. The normalized spacial score (nSPS) is 11.6. The van der Waals surface area contributed by atoms with Gasteiger partial charge in [0, 0.05) is 13.0 Å². The summed E-state index contributed by atoms with van der Waals surface area (Å²) in [5.41, 5.74) is 0.248. The zero-order valence-corrected chi connectivity index (χ0v) is 9.31. The Hall–Kier alpha value is -1.40. The van der Waals surface area contributed by atoms with Crippen molar-refractivity contribution < 1.29 is 17.6 Å². The number of hydrogen-bond acceptors (Lipinski definition) is 3. The molecule has 1 rings (SSSR count). The van der Waals surface area contributed by atoms with Crippen LogP contribution in [0.25, 0.3) is 0 Å². The molecule has 0 aliphatic heterocycles. The standard InChI is InChI=1S/C10H13F4N3/c1-2-7-8(11)9(17-6-16-7)15-5-3-4-10(12,13)14/h6H,2-5H2,1H3,(H,15,16,17). The van der Waals surface area contributed by atoms with Crippen molar-refractivity contribution in [3.05, 3.63) is 17.8 Å². The minimum Gasteiger partial charge on any atom is -0.368 e. The molecule has 1 N–H and O–H groups in total. The Morgan fingerprint density at radius 2 is 2.00 bits per heavy atom. The van der Waals surface area contributed by atoms with Crippen LogP contribution < -0.4 is 5.32 Å². The first kappa shape index (κ1) is 13.7. The molecule has 0 amide bonds. The molecule has 0 saturated carbocycles. The molecular weight excluding hydrogens is 238 g/mol. The van der Waals surface area contributed by atoms with Gasteiger partial charge in [0.1, 0.15) is 6.33 Å². The molecule has 0 aromatic carbocycles. The van der Waals surface area contributed by atoms with Crippen molar-refractivity contribution in [1.29, 1.82) is 0 Å². The highest BCUT2D eigenvalue weighted by Gasteiger charge is 2.25. The predicted octanol–water partition coefficient (Wildman–Crippen LogP) is 2.93. The molecule has 0 saturated heterocycles. The SMILES string of the molecule is CCc1ncnc(NCCCC(F)(F)F)c1F. The zero-order valence-electron chi connectivity index (χ0n) is 9.31. The van der Waals surface area contributed by atoms with Gasteiger partial charge in [-0.15, -0.1) is 0 Å². The van der Waals surface area contributed by atoms with Gasteiger partial charge in [-0.25, -0.2) is 14.4 Å². The third kappa shape index (κ3) is 4.54. The smallest absolute Gasteiger partial charge is 0.368 e. The number of hydrogen-bond donors (Lipinski definition) is 1. The maximum atomic E-state index is 13.5. The van der Waals surface area contributed by atoms with Gasteiger partial charge in [-0.2, -0.15) is 13.2 Å². The van der Waals surface area contributed by atoms with Crippen molar-refractivity contribution in [2.24, 2.45) is 0 Å². The predicted molar refractivity (Wildman–Crippen MR) is 55.1 cm³/mol. The van der Waals surface area contributed by atoms with E-state index in [0.29, 0.717) is 6.42 Å². The average molecular weight is 251 g/mol. The van der Waals surface area contributed by atoms with Gasteiger partial charge in [-0.05, 0) is 12.8 Å². The summed E-state index contributed by atoms with van der Waals surface area (Å²) in [6.07, 6.45) is -3.60. The van der Waals surface area contributed by atoms with E-state index in [1.165, 1.54) is 6.33 Å². The molecule has 0 bridgehead atoms. The second kappa shape index (κ2) is 5.79. The lowest BCUT2D eigenvalue weighted by atomic mass is 10.3. The van der Waals surface area contributed by atoms with Crippen LogP contribution in [0.4, 0.5) is 23.4 Å². The monoisotopic (exact) mass is 251 g/mol. The molecule has 17 heavy (non-hydrogen) atoms. The zero-order chi connectivity index (χ0) is 12.9. The summed E-state index contributed by atoms with van der Waals surface area (Å²) in [6, 6.07) is 0. The lowest BCUT2D eigenvalue weighted by molar-refractivity contribution is -0.134. The molecule has 0 atom stereocenters. The fraction of sp³-hybridized carbons (Fsp3) is 0.600. The van der Waals surface area contributed by atoms with Gasteiger partial charge in [-0.1, -0.05) is 6.92 Å². The van der Waals surface area contributed by atoms with Crippen LogP contribution in [0.2, 0.25) is 0 Å². The lowest BCUT2D eigenvalue weighted by Gasteiger charge is -2.09. The molecule has 0 spiro atoms. The van der Waals surface area contributed by atoms with E-state index >= 15 is 0 Å². The quantitative estimate of drug-likeness (QED) is 0.645. The number of nitrogens with one attached hydrogen (secondary N) is 1. The Labute approximate surface area is 96.3 Å². The van der Waals surface area contributed by atoms with Crippen molar-refractivity contribution in [3.8, 4) is 0 Å². The first-order valence-corrected chi connectivity index (χ1v) is 5.24. The number of nitrogens with zero attached hydrogens (tertiary/aromatic N) is 2. The van der Waals surface area contributed by atoms with Crippen molar-refractivity contribution >= 4 is 5.82 Å². The Bertz CT molecular complexity index is 365. The second-order valence-corrected chi connectivity index (χ2v) is 3.48. The number of alkyl halides is 3. The van der Waals surface area contributed by atoms with E-state index in [-0.39, 0.29) is 24.5 Å². The maximum absolute atomic E-state index is 13.5. The minimum absolute atomic E-state index is 0.0244. The van der Waals surface area contributed by atoms with E-state index in [2.05, 4.69) is 15.3 Å². The Balaban J connectivity index is 2.47. The van der Waals surface area contributed by atoms with Crippen LogP contribution in [0, 0.1) is 5.82 Å². The van der Waals surface area contributed by atoms with Gasteiger partial charge in [0.2, 0.25) is 0 Å². The first-order valence-electron chi connectivity index (χ1n) is 5.24. The van der Waals surface area contributed by atoms with Gasteiger partial charge in [0.15, 0.2) is 11.6 Å². The minimum atomic E-state index is -4.18. The molecule has 7 heteroatoms. The summed E-state index contributed by atoms with van der Waals surface area (Å²) in [4.78, 5) is 7.36. The molecule has 0 unspecified atom stereocenters. The number of halogens is 4. The number of rotatable bonds is 5. The van der Waals surface area contributed by atoms with Gasteiger partial charge >= 0.3 is 6.18 Å². The summed E-state index contributed by atoms with van der Waals surface area (Å²) in [5.74, 6) is -0.638. The van der Waals surface area contributed by atoms with Gasteiger partial charge in [0.05, 0.1) is 5.69 Å². The fourth-order valence-corrected chi connectivity index (χ4v) is 1.27. The number of aryl methyl sites for hydroxylation is 1. The highest BCUT2D eigenvalue weighted by Crippen LogP contribution is 2.21. The largest absolute Gasteiger partial charge is 0.389 e. The van der Waals surface area contributed by atoms with Crippen LogP contribution in [-0.2, 0) is 6.42 Å². The van der Waals surface area contributed by atoms with Crippen LogP contribution in [0.1, 0.15) is 25.5 Å². The topological polar surface area (TPSA) is 37.8 Å². The average Bonchev–Trinajstić information content (AvgIpc) is 2.25. The third-order valence-electron chi connectivity index (χ3n) is 2.13. The van der Waals surface area contributed by atoms with E-state index in [4.69, 9.17) is 0 Å². The molecule has 1 aromatic heterocycles. The van der Waals surface area contributed by atoms with Crippen LogP contribution in [0.5, 0.6) is 0 Å². The fourth-order valence-electron chi connectivity index (χ4n) is 1.27. The highest BCUT2D eigenvalue weighted by molar-refractivity contribution is 5.37. The summed E-state index contributed by atoms with van der Waals surface area (Å²) in [6.45, 7) is 1.76. The molecule has 0 aliphatic rings. The molecule has 1 aromatic rings. The molecule has 96 valence electrons. The Kier molecular flexibility index (Phi) is 4.65. The van der Waals surface area contributed by atoms with E-state index < -0.39 is 18.4 Å². The molecule has 0 aliphatic carbocycles. The lowest BCUT2D eigenvalue weighted by Crippen LogP contribution is -2.12. The van der Waals surface area contributed by atoms with Crippen molar-refractivity contribution in [1.82, 2.24) is 9.97 Å². The molecule has 1 heterocycles. The highest BCUT2D eigenvalue weighted by atomic mass is 19.4. The van der Waals surface area contributed by atoms with E-state index in [1.54, 1.807) is 6.92 Å². The van der Waals surface area contributed by atoms with Crippen molar-refractivity contribution in [2.75, 3.05) is 11.9 Å². The van der Waals surface area contributed by atoms with Crippen molar-refractivity contribution in [2.45, 2.75) is 32.4 Å². The van der Waals surface area contributed by atoms with Crippen LogP contribution in [-0.4, -0.2) is 22.7 Å². The third-order valence-corrected chi connectivity index (χ3v) is 2.13. The van der Waals surface area contributed by atoms with E-state index in [0.717, 1.165) is 0 Å². The number of anilines is 1. The molecule has 0 fully saturated rings. The van der Waals surface area contributed by atoms with Crippen LogP contribution in [0.3, 0.4) is 0 Å². The summed E-state index contributed by atoms with van der Waals surface area (Å²) in [7, 11) is 0. The molecule has 0 radical (unpaired) electrons. The van der Waals surface area contributed by atoms with Crippen molar-refractivity contribution in [3.63, 3.8) is 0 Å². The maximum Gasteiger partial charge on any atom is 0.389 e. The van der Waals surface area contributed by atoms with E-state index in [9.17, 15) is 17.6 Å². The van der Waals surface area contributed by atoms with E-state index in [1.807, 2.05) is 0 Å².